The normalized spacial score (nSPS) is 12.2. The number of rotatable bonds is 10. The Morgan fingerprint density at radius 3 is 2.63 bits per heavy atom. The molecular weight excluding hydrogens is 342 g/mol. The van der Waals surface area contributed by atoms with Gasteiger partial charge in [0.1, 0.15) is 11.5 Å². The predicted molar refractivity (Wildman–Crippen MR) is 106 cm³/mol. The van der Waals surface area contributed by atoms with Crippen LogP contribution in [0.5, 0.6) is 5.75 Å². The molecular formula is C21H31N3O3. The van der Waals surface area contributed by atoms with Gasteiger partial charge in [0.15, 0.2) is 0 Å². The van der Waals surface area contributed by atoms with E-state index < -0.39 is 0 Å². The van der Waals surface area contributed by atoms with E-state index in [1.54, 1.807) is 7.11 Å². The summed E-state index contributed by atoms with van der Waals surface area (Å²) in [7, 11) is 1.67. The molecule has 2 rings (SSSR count). The van der Waals surface area contributed by atoms with Crippen LogP contribution in [0.4, 0.5) is 0 Å². The average molecular weight is 373 g/mol. The number of methoxy groups -OCH3 is 1. The van der Waals surface area contributed by atoms with Gasteiger partial charge in [-0.1, -0.05) is 31.1 Å². The van der Waals surface area contributed by atoms with Crippen molar-refractivity contribution in [1.29, 1.82) is 0 Å². The highest BCUT2D eigenvalue weighted by Crippen LogP contribution is 2.24. The maximum absolute atomic E-state index is 12.4. The summed E-state index contributed by atoms with van der Waals surface area (Å²) in [4.78, 5) is 14.8. The van der Waals surface area contributed by atoms with Gasteiger partial charge in [0.05, 0.1) is 18.8 Å². The molecule has 0 aliphatic heterocycles. The van der Waals surface area contributed by atoms with E-state index in [9.17, 15) is 4.79 Å². The first-order chi connectivity index (χ1) is 13.0. The lowest BCUT2D eigenvalue weighted by molar-refractivity contribution is -0.121. The van der Waals surface area contributed by atoms with Crippen LogP contribution in [-0.4, -0.2) is 42.7 Å². The summed E-state index contributed by atoms with van der Waals surface area (Å²) in [6.07, 6.45) is 1.06. The lowest BCUT2D eigenvalue weighted by atomic mass is 10.0. The van der Waals surface area contributed by atoms with Crippen LogP contribution in [0.1, 0.15) is 48.9 Å². The fourth-order valence-electron chi connectivity index (χ4n) is 3.37. The molecule has 0 spiro atoms. The number of ether oxygens (including phenoxy) is 1. The monoisotopic (exact) mass is 373 g/mol. The van der Waals surface area contributed by atoms with E-state index in [-0.39, 0.29) is 11.9 Å². The summed E-state index contributed by atoms with van der Waals surface area (Å²) in [5.74, 6) is 1.65. The number of benzene rings is 1. The van der Waals surface area contributed by atoms with Gasteiger partial charge in [-0.15, -0.1) is 0 Å². The lowest BCUT2D eigenvalue weighted by Gasteiger charge is -2.30. The highest BCUT2D eigenvalue weighted by molar-refractivity contribution is 5.76. The minimum atomic E-state index is 0.0371. The first-order valence-corrected chi connectivity index (χ1v) is 9.56. The van der Waals surface area contributed by atoms with E-state index in [2.05, 4.69) is 35.3 Å². The second-order valence-corrected chi connectivity index (χ2v) is 6.62. The van der Waals surface area contributed by atoms with Gasteiger partial charge in [0.2, 0.25) is 5.91 Å². The number of carbonyl (C=O) groups excluding carboxylic acids is 1. The van der Waals surface area contributed by atoms with Crippen LogP contribution < -0.4 is 10.1 Å². The number of hydrogen-bond acceptors (Lipinski definition) is 5. The number of aryl methyl sites for hydroxylation is 2. The second-order valence-electron chi connectivity index (χ2n) is 6.62. The van der Waals surface area contributed by atoms with Crippen molar-refractivity contribution in [2.45, 2.75) is 46.6 Å². The Morgan fingerprint density at radius 1 is 1.30 bits per heavy atom. The van der Waals surface area contributed by atoms with Crippen molar-refractivity contribution < 1.29 is 14.1 Å². The standard InChI is InChI=1S/C21H31N3O3/c1-6-24(7-2)20(17-9-8-10-18(13-17)26-5)14-22-21(25)12-11-19-15(3)23-27-16(19)4/h8-10,13,20H,6-7,11-12,14H2,1-5H3,(H,22,25). The fourth-order valence-corrected chi connectivity index (χ4v) is 3.37. The van der Waals surface area contributed by atoms with Crippen molar-refractivity contribution in [3.05, 3.63) is 46.8 Å². The predicted octanol–water partition coefficient (Wildman–Crippen LogP) is 3.43. The molecule has 0 aliphatic carbocycles. The smallest absolute Gasteiger partial charge is 0.220 e. The van der Waals surface area contributed by atoms with Crippen LogP contribution in [0, 0.1) is 13.8 Å². The maximum Gasteiger partial charge on any atom is 0.220 e. The van der Waals surface area contributed by atoms with Crippen molar-refractivity contribution >= 4 is 5.91 Å². The number of carbonyl (C=O) groups is 1. The molecule has 1 aromatic heterocycles. The van der Waals surface area contributed by atoms with Gasteiger partial charge >= 0.3 is 0 Å². The highest BCUT2D eigenvalue weighted by Gasteiger charge is 2.20. The number of aromatic nitrogens is 1. The first kappa shape index (κ1) is 21.0. The van der Waals surface area contributed by atoms with Crippen molar-refractivity contribution in [2.75, 3.05) is 26.7 Å². The van der Waals surface area contributed by atoms with Crippen LogP contribution >= 0.6 is 0 Å². The van der Waals surface area contributed by atoms with E-state index in [1.165, 1.54) is 0 Å². The Morgan fingerprint density at radius 2 is 2.04 bits per heavy atom. The number of likely N-dealkylation sites (N-methyl/N-ethyl adjacent to an activating group) is 1. The van der Waals surface area contributed by atoms with Crippen molar-refractivity contribution in [2.24, 2.45) is 0 Å². The Kier molecular flexibility index (Phi) is 7.85. The molecule has 0 saturated carbocycles. The molecule has 1 aromatic carbocycles. The third-order valence-electron chi connectivity index (χ3n) is 5.01. The number of hydrogen-bond donors (Lipinski definition) is 1. The topological polar surface area (TPSA) is 67.6 Å². The van der Waals surface area contributed by atoms with Crippen molar-refractivity contribution in [1.82, 2.24) is 15.4 Å². The number of amides is 1. The maximum atomic E-state index is 12.4. The molecule has 27 heavy (non-hydrogen) atoms. The van der Waals surface area contributed by atoms with Gasteiger partial charge in [-0.25, -0.2) is 0 Å². The van der Waals surface area contributed by atoms with Gasteiger partial charge in [-0.05, 0) is 51.1 Å². The molecule has 1 N–H and O–H groups in total. The zero-order chi connectivity index (χ0) is 19.8. The Labute approximate surface area is 161 Å². The number of nitrogens with zero attached hydrogens (tertiary/aromatic N) is 2. The largest absolute Gasteiger partial charge is 0.497 e. The molecule has 0 fully saturated rings. The molecule has 1 unspecified atom stereocenters. The molecule has 0 bridgehead atoms. The van der Waals surface area contributed by atoms with E-state index in [0.29, 0.717) is 19.4 Å². The van der Waals surface area contributed by atoms with Crippen LogP contribution in [-0.2, 0) is 11.2 Å². The van der Waals surface area contributed by atoms with E-state index >= 15 is 0 Å². The Hall–Kier alpha value is -2.34. The molecule has 0 saturated heterocycles. The zero-order valence-corrected chi connectivity index (χ0v) is 17.0. The molecule has 0 radical (unpaired) electrons. The highest BCUT2D eigenvalue weighted by atomic mass is 16.5. The Bertz CT molecular complexity index is 719. The van der Waals surface area contributed by atoms with Gasteiger partial charge in [-0.3, -0.25) is 9.69 Å². The fraction of sp³-hybridized carbons (Fsp3) is 0.524. The van der Waals surface area contributed by atoms with Gasteiger partial charge in [0.25, 0.3) is 0 Å². The van der Waals surface area contributed by atoms with E-state index in [0.717, 1.165) is 41.4 Å². The summed E-state index contributed by atoms with van der Waals surface area (Å²) in [5.41, 5.74) is 3.03. The van der Waals surface area contributed by atoms with Crippen molar-refractivity contribution in [3.8, 4) is 5.75 Å². The molecule has 1 heterocycles. The van der Waals surface area contributed by atoms with Crippen LogP contribution in [0.25, 0.3) is 0 Å². The van der Waals surface area contributed by atoms with Gasteiger partial charge in [0, 0.05) is 18.5 Å². The minimum absolute atomic E-state index is 0.0371. The average Bonchev–Trinajstić information content (AvgIpc) is 3.01. The van der Waals surface area contributed by atoms with Gasteiger partial charge < -0.3 is 14.6 Å². The summed E-state index contributed by atoms with van der Waals surface area (Å²) in [5, 5.41) is 7.04. The summed E-state index contributed by atoms with van der Waals surface area (Å²) in [6, 6.07) is 8.16. The second kappa shape index (κ2) is 10.1. The van der Waals surface area contributed by atoms with Crippen LogP contribution in [0.2, 0.25) is 0 Å². The van der Waals surface area contributed by atoms with E-state index in [4.69, 9.17) is 9.26 Å². The minimum Gasteiger partial charge on any atom is -0.497 e. The molecule has 1 amide bonds. The van der Waals surface area contributed by atoms with E-state index in [1.807, 2.05) is 32.0 Å². The molecule has 0 aliphatic rings. The first-order valence-electron chi connectivity index (χ1n) is 9.56. The lowest BCUT2D eigenvalue weighted by Crippen LogP contribution is -2.38. The quantitative estimate of drug-likeness (QED) is 0.691. The summed E-state index contributed by atoms with van der Waals surface area (Å²) < 4.78 is 10.5. The van der Waals surface area contributed by atoms with Crippen LogP contribution in [0.3, 0.4) is 0 Å². The Balaban J connectivity index is 2.01. The molecule has 148 valence electrons. The van der Waals surface area contributed by atoms with Crippen molar-refractivity contribution in [3.63, 3.8) is 0 Å². The zero-order valence-electron chi connectivity index (χ0n) is 17.0. The van der Waals surface area contributed by atoms with Crippen LogP contribution in [0.15, 0.2) is 28.8 Å². The molecule has 6 nitrogen and oxygen atoms in total. The SMILES string of the molecule is CCN(CC)C(CNC(=O)CCc1c(C)noc1C)c1cccc(OC)c1. The number of nitrogens with one attached hydrogen (secondary N) is 1. The van der Waals surface area contributed by atoms with Gasteiger partial charge in [-0.2, -0.15) is 0 Å². The third-order valence-corrected chi connectivity index (χ3v) is 5.01. The molecule has 1 atom stereocenters. The summed E-state index contributed by atoms with van der Waals surface area (Å²) in [6.45, 7) is 10.4. The molecule has 6 heteroatoms. The third kappa shape index (κ3) is 5.57. The molecule has 2 aromatic rings. The summed E-state index contributed by atoms with van der Waals surface area (Å²) >= 11 is 0.